The van der Waals surface area contributed by atoms with E-state index < -0.39 is 0 Å². The van der Waals surface area contributed by atoms with Gasteiger partial charge in [-0.05, 0) is 12.1 Å². The van der Waals surface area contributed by atoms with Gasteiger partial charge in [0.25, 0.3) is 0 Å². The average molecular weight is 207 g/mol. The van der Waals surface area contributed by atoms with Crippen LogP contribution in [0.5, 0.6) is 0 Å². The summed E-state index contributed by atoms with van der Waals surface area (Å²) < 4.78 is 1.10. The lowest BCUT2D eigenvalue weighted by molar-refractivity contribution is -0.116. The molecule has 1 heterocycles. The fraction of sp³-hybridized carbons (Fsp3) is 0.111. The fourth-order valence-corrected chi connectivity index (χ4v) is 1.97. The number of rotatable bonds is 3. The highest BCUT2D eigenvalue weighted by Crippen LogP contribution is 2.24. The molecule has 1 aromatic carbocycles. The van der Waals surface area contributed by atoms with Crippen molar-refractivity contribution in [2.75, 3.05) is 11.9 Å². The second kappa shape index (κ2) is 3.63. The lowest BCUT2D eigenvalue weighted by Crippen LogP contribution is -2.21. The Hall–Kier alpha value is -1.62. The molecule has 3 N–H and O–H groups in total. The Morgan fingerprint density at radius 3 is 3.00 bits per heavy atom. The molecule has 0 spiro atoms. The van der Waals surface area contributed by atoms with Crippen LogP contribution < -0.4 is 11.1 Å². The van der Waals surface area contributed by atoms with Crippen LogP contribution in [0.3, 0.4) is 0 Å². The van der Waals surface area contributed by atoms with Crippen LogP contribution in [0.25, 0.3) is 10.2 Å². The van der Waals surface area contributed by atoms with Crippen LogP contribution in [0.2, 0.25) is 0 Å². The van der Waals surface area contributed by atoms with Gasteiger partial charge in [-0.2, -0.15) is 0 Å². The van der Waals surface area contributed by atoms with Crippen molar-refractivity contribution in [1.82, 2.24) is 4.98 Å². The van der Waals surface area contributed by atoms with Gasteiger partial charge in [-0.1, -0.05) is 23.5 Å². The lowest BCUT2D eigenvalue weighted by Gasteiger charge is -1.95. The van der Waals surface area contributed by atoms with Gasteiger partial charge in [0.05, 0.1) is 16.8 Å². The summed E-state index contributed by atoms with van der Waals surface area (Å²) in [7, 11) is 0. The van der Waals surface area contributed by atoms with E-state index in [0.717, 1.165) is 15.3 Å². The second-order valence-electron chi connectivity index (χ2n) is 2.81. The van der Waals surface area contributed by atoms with E-state index in [-0.39, 0.29) is 12.5 Å². The molecule has 0 bridgehead atoms. The number of carbonyl (C=O) groups excluding carboxylic acids is 1. The fourth-order valence-electron chi connectivity index (χ4n) is 1.11. The number of carbonyl (C=O) groups is 1. The Kier molecular flexibility index (Phi) is 2.32. The van der Waals surface area contributed by atoms with Gasteiger partial charge < -0.3 is 11.1 Å². The normalized spacial score (nSPS) is 10.3. The summed E-state index contributed by atoms with van der Waals surface area (Å²) in [4.78, 5) is 14.8. The first-order valence-electron chi connectivity index (χ1n) is 4.13. The molecule has 2 aromatic rings. The highest BCUT2D eigenvalue weighted by Gasteiger charge is 2.02. The molecule has 0 aliphatic rings. The molecule has 1 amide bonds. The van der Waals surface area contributed by atoms with Crippen molar-refractivity contribution in [3.05, 3.63) is 24.3 Å². The summed E-state index contributed by atoms with van der Waals surface area (Å²) in [6.07, 6.45) is 0. The number of para-hydroxylation sites is 1. The Morgan fingerprint density at radius 2 is 2.29 bits per heavy atom. The smallest absolute Gasteiger partial charge is 0.236 e. The minimum Gasteiger partial charge on any atom is -0.368 e. The monoisotopic (exact) mass is 207 g/mol. The number of fused-ring (bicyclic) bond motifs is 1. The molecule has 72 valence electrons. The maximum Gasteiger partial charge on any atom is 0.236 e. The number of nitrogens with two attached hydrogens (primary N) is 1. The summed E-state index contributed by atoms with van der Waals surface area (Å²) in [6, 6.07) is 7.81. The average Bonchev–Trinajstić information content (AvgIpc) is 2.57. The molecule has 5 heteroatoms. The molecule has 0 saturated carbocycles. The minimum absolute atomic E-state index is 0.125. The SMILES string of the molecule is NC(=O)CNc1nc2ccccc2s1. The number of anilines is 1. The molecule has 0 unspecified atom stereocenters. The van der Waals surface area contributed by atoms with Crippen molar-refractivity contribution in [3.8, 4) is 0 Å². The van der Waals surface area contributed by atoms with Gasteiger partial charge in [-0.15, -0.1) is 0 Å². The van der Waals surface area contributed by atoms with Crippen molar-refractivity contribution in [2.45, 2.75) is 0 Å². The highest BCUT2D eigenvalue weighted by molar-refractivity contribution is 7.22. The van der Waals surface area contributed by atoms with E-state index >= 15 is 0 Å². The summed E-state index contributed by atoms with van der Waals surface area (Å²) in [6.45, 7) is 0.125. The van der Waals surface area contributed by atoms with Crippen LogP contribution in [0, 0.1) is 0 Å². The maximum atomic E-state index is 10.5. The number of aromatic nitrogens is 1. The van der Waals surface area contributed by atoms with Gasteiger partial charge in [0.2, 0.25) is 5.91 Å². The quantitative estimate of drug-likeness (QED) is 0.794. The zero-order chi connectivity index (χ0) is 9.97. The number of thiazole rings is 1. The van der Waals surface area contributed by atoms with Gasteiger partial charge in [0.1, 0.15) is 0 Å². The predicted molar refractivity (Wildman–Crippen MR) is 57.3 cm³/mol. The van der Waals surface area contributed by atoms with E-state index in [1.807, 2.05) is 24.3 Å². The lowest BCUT2D eigenvalue weighted by atomic mass is 10.3. The zero-order valence-electron chi connectivity index (χ0n) is 7.36. The van der Waals surface area contributed by atoms with Crippen molar-refractivity contribution in [3.63, 3.8) is 0 Å². The maximum absolute atomic E-state index is 10.5. The summed E-state index contributed by atoms with van der Waals surface area (Å²) >= 11 is 1.51. The minimum atomic E-state index is -0.385. The van der Waals surface area contributed by atoms with Crippen molar-refractivity contribution in [2.24, 2.45) is 5.73 Å². The Balaban J connectivity index is 2.22. The van der Waals surface area contributed by atoms with Gasteiger partial charge in [-0.3, -0.25) is 4.79 Å². The van der Waals surface area contributed by atoms with E-state index in [2.05, 4.69) is 10.3 Å². The van der Waals surface area contributed by atoms with Gasteiger partial charge in [0.15, 0.2) is 5.13 Å². The number of benzene rings is 1. The standard InChI is InChI=1S/C9H9N3OS/c10-8(13)5-11-9-12-6-3-1-2-4-7(6)14-9/h1-4H,5H2,(H2,10,13)(H,11,12). The first-order valence-corrected chi connectivity index (χ1v) is 4.95. The molecule has 0 atom stereocenters. The molecule has 0 fully saturated rings. The largest absolute Gasteiger partial charge is 0.368 e. The molecular formula is C9H9N3OS. The molecule has 0 radical (unpaired) electrons. The van der Waals surface area contributed by atoms with E-state index in [4.69, 9.17) is 5.73 Å². The number of nitrogens with one attached hydrogen (secondary N) is 1. The molecular weight excluding hydrogens is 198 g/mol. The van der Waals surface area contributed by atoms with Crippen molar-refractivity contribution in [1.29, 1.82) is 0 Å². The first-order chi connectivity index (χ1) is 6.75. The van der Waals surface area contributed by atoms with Crippen LogP contribution in [0.1, 0.15) is 0 Å². The molecule has 14 heavy (non-hydrogen) atoms. The Bertz CT molecular complexity index is 433. The second-order valence-corrected chi connectivity index (χ2v) is 3.84. The number of hydrogen-bond acceptors (Lipinski definition) is 4. The zero-order valence-corrected chi connectivity index (χ0v) is 8.17. The van der Waals surface area contributed by atoms with Crippen LogP contribution in [-0.2, 0) is 4.79 Å². The molecule has 0 aliphatic heterocycles. The molecule has 0 saturated heterocycles. The van der Waals surface area contributed by atoms with E-state index in [9.17, 15) is 4.79 Å². The molecule has 0 aliphatic carbocycles. The van der Waals surface area contributed by atoms with Crippen LogP contribution in [-0.4, -0.2) is 17.4 Å². The third-order valence-electron chi connectivity index (χ3n) is 1.71. The van der Waals surface area contributed by atoms with E-state index in [0.29, 0.717) is 0 Å². The number of hydrogen-bond donors (Lipinski definition) is 2. The van der Waals surface area contributed by atoms with Gasteiger partial charge in [-0.25, -0.2) is 4.98 Å². The first kappa shape index (κ1) is 8.96. The summed E-state index contributed by atoms with van der Waals surface area (Å²) in [5.41, 5.74) is 5.94. The van der Waals surface area contributed by atoms with Gasteiger partial charge >= 0.3 is 0 Å². The van der Waals surface area contributed by atoms with Crippen molar-refractivity contribution >= 4 is 32.6 Å². The van der Waals surface area contributed by atoms with Crippen molar-refractivity contribution < 1.29 is 4.79 Å². The molecule has 1 aromatic heterocycles. The molecule has 4 nitrogen and oxygen atoms in total. The van der Waals surface area contributed by atoms with Crippen LogP contribution in [0.4, 0.5) is 5.13 Å². The molecule has 2 rings (SSSR count). The van der Waals surface area contributed by atoms with E-state index in [1.165, 1.54) is 11.3 Å². The Labute approximate surface area is 84.8 Å². The third kappa shape index (κ3) is 1.82. The number of amides is 1. The number of nitrogens with zero attached hydrogens (tertiary/aromatic N) is 1. The Morgan fingerprint density at radius 1 is 1.50 bits per heavy atom. The predicted octanol–water partition coefficient (Wildman–Crippen LogP) is 1.19. The summed E-state index contributed by atoms with van der Waals surface area (Å²) in [5, 5.41) is 3.59. The topological polar surface area (TPSA) is 68.0 Å². The van der Waals surface area contributed by atoms with E-state index in [1.54, 1.807) is 0 Å². The van der Waals surface area contributed by atoms with Crippen LogP contribution in [0.15, 0.2) is 24.3 Å². The van der Waals surface area contributed by atoms with Crippen LogP contribution >= 0.6 is 11.3 Å². The third-order valence-corrected chi connectivity index (χ3v) is 2.70. The highest BCUT2D eigenvalue weighted by atomic mass is 32.1. The van der Waals surface area contributed by atoms with Gasteiger partial charge in [0, 0.05) is 0 Å². The summed E-state index contributed by atoms with van der Waals surface area (Å²) in [5.74, 6) is -0.385. The number of primary amides is 1.